The van der Waals surface area contributed by atoms with Gasteiger partial charge < -0.3 is 5.32 Å². The van der Waals surface area contributed by atoms with Gasteiger partial charge in [0.25, 0.3) is 0 Å². The van der Waals surface area contributed by atoms with Gasteiger partial charge in [-0.1, -0.05) is 42.5 Å². The van der Waals surface area contributed by atoms with Gasteiger partial charge in [0.1, 0.15) is 0 Å². The molecule has 0 amide bonds. The Kier molecular flexibility index (Phi) is 4.00. The maximum absolute atomic E-state index is 11.7. The number of hydrogen-bond donors (Lipinski definition) is 1. The van der Waals surface area contributed by atoms with Crippen molar-refractivity contribution in [1.82, 2.24) is 5.32 Å². The summed E-state index contributed by atoms with van der Waals surface area (Å²) in [4.78, 5) is 0. The van der Waals surface area contributed by atoms with E-state index in [1.807, 2.05) is 19.2 Å². The van der Waals surface area contributed by atoms with Gasteiger partial charge in [-0.05, 0) is 42.1 Å². The van der Waals surface area contributed by atoms with Crippen molar-refractivity contribution < 1.29 is 8.42 Å². The molecule has 2 atom stereocenters. The summed E-state index contributed by atoms with van der Waals surface area (Å²) >= 11 is 0. The highest BCUT2D eigenvalue weighted by molar-refractivity contribution is 7.91. The first-order valence-corrected chi connectivity index (χ1v) is 9.25. The highest BCUT2D eigenvalue weighted by Gasteiger charge is 2.32. The minimum Gasteiger partial charge on any atom is -0.316 e. The molecule has 1 N–H and O–H groups in total. The Balaban J connectivity index is 1.79. The lowest BCUT2D eigenvalue weighted by atomic mass is 9.92. The van der Waals surface area contributed by atoms with E-state index < -0.39 is 9.84 Å². The SMILES string of the molecule is CNC(Cc1ccc2ccccc2c1)C1CCS(=O)(=O)C1. The van der Waals surface area contributed by atoms with Crippen molar-refractivity contribution in [2.75, 3.05) is 18.6 Å². The predicted octanol–water partition coefficient (Wildman–Crippen LogP) is 2.41. The molecule has 1 aliphatic heterocycles. The molecule has 2 unspecified atom stereocenters. The number of sulfone groups is 1. The van der Waals surface area contributed by atoms with E-state index >= 15 is 0 Å². The Labute approximate surface area is 126 Å². The van der Waals surface area contributed by atoms with Gasteiger partial charge in [-0.3, -0.25) is 0 Å². The van der Waals surface area contributed by atoms with Gasteiger partial charge >= 0.3 is 0 Å². The van der Waals surface area contributed by atoms with Gasteiger partial charge in [0.2, 0.25) is 0 Å². The summed E-state index contributed by atoms with van der Waals surface area (Å²) in [6.45, 7) is 0. The molecule has 1 aliphatic rings. The van der Waals surface area contributed by atoms with Crippen LogP contribution in [-0.2, 0) is 16.3 Å². The van der Waals surface area contributed by atoms with E-state index in [4.69, 9.17) is 0 Å². The Morgan fingerprint density at radius 2 is 1.95 bits per heavy atom. The molecule has 0 aliphatic carbocycles. The Bertz CT molecular complexity index is 739. The number of fused-ring (bicyclic) bond motifs is 1. The Hall–Kier alpha value is -1.39. The third kappa shape index (κ3) is 3.27. The van der Waals surface area contributed by atoms with Crippen LogP contribution >= 0.6 is 0 Å². The highest BCUT2D eigenvalue weighted by Crippen LogP contribution is 2.25. The monoisotopic (exact) mass is 303 g/mol. The zero-order valence-corrected chi connectivity index (χ0v) is 13.1. The average Bonchev–Trinajstić information content (AvgIpc) is 2.84. The minimum absolute atomic E-state index is 0.225. The normalized spacial score (nSPS) is 22.4. The van der Waals surface area contributed by atoms with Crippen molar-refractivity contribution in [2.24, 2.45) is 5.92 Å². The third-order valence-corrected chi connectivity index (χ3v) is 6.27. The van der Waals surface area contributed by atoms with E-state index in [2.05, 4.69) is 35.6 Å². The van der Waals surface area contributed by atoms with E-state index in [0.717, 1.165) is 12.8 Å². The van der Waals surface area contributed by atoms with Crippen LogP contribution in [0.5, 0.6) is 0 Å². The van der Waals surface area contributed by atoms with Crippen LogP contribution in [0, 0.1) is 5.92 Å². The van der Waals surface area contributed by atoms with Crippen molar-refractivity contribution in [3.05, 3.63) is 48.0 Å². The van der Waals surface area contributed by atoms with E-state index in [1.54, 1.807) is 0 Å². The van der Waals surface area contributed by atoms with Gasteiger partial charge in [-0.15, -0.1) is 0 Å². The predicted molar refractivity (Wildman–Crippen MR) is 87.3 cm³/mol. The summed E-state index contributed by atoms with van der Waals surface area (Å²) in [6.07, 6.45) is 1.66. The Morgan fingerprint density at radius 3 is 2.62 bits per heavy atom. The molecule has 0 saturated carbocycles. The summed E-state index contributed by atoms with van der Waals surface area (Å²) in [7, 11) is -0.890. The molecule has 21 heavy (non-hydrogen) atoms. The molecule has 112 valence electrons. The molecule has 2 aromatic rings. The lowest BCUT2D eigenvalue weighted by Crippen LogP contribution is -2.36. The smallest absolute Gasteiger partial charge is 0.150 e. The van der Waals surface area contributed by atoms with Crippen LogP contribution in [0.25, 0.3) is 10.8 Å². The molecule has 3 nitrogen and oxygen atoms in total. The average molecular weight is 303 g/mol. The largest absolute Gasteiger partial charge is 0.316 e. The molecule has 0 bridgehead atoms. The van der Waals surface area contributed by atoms with Crippen LogP contribution in [0.1, 0.15) is 12.0 Å². The summed E-state index contributed by atoms with van der Waals surface area (Å²) in [5.74, 6) is 0.895. The van der Waals surface area contributed by atoms with Crippen LogP contribution in [0.3, 0.4) is 0 Å². The standard InChI is InChI=1S/C17H21NO2S/c1-18-17(16-8-9-21(19,20)12-16)11-13-6-7-14-4-2-3-5-15(14)10-13/h2-7,10,16-18H,8-9,11-12H2,1H3. The lowest BCUT2D eigenvalue weighted by molar-refractivity contribution is 0.403. The third-order valence-electron chi connectivity index (χ3n) is 4.48. The summed E-state index contributed by atoms with van der Waals surface area (Å²) in [6, 6.07) is 15.0. The van der Waals surface area contributed by atoms with Gasteiger partial charge in [-0.25, -0.2) is 8.42 Å². The first-order valence-electron chi connectivity index (χ1n) is 7.43. The fraction of sp³-hybridized carbons (Fsp3) is 0.412. The van der Waals surface area contributed by atoms with Crippen LogP contribution < -0.4 is 5.32 Å². The number of rotatable bonds is 4. The molecular formula is C17H21NO2S. The first kappa shape index (κ1) is 14.5. The molecular weight excluding hydrogens is 282 g/mol. The first-order chi connectivity index (χ1) is 10.1. The highest BCUT2D eigenvalue weighted by atomic mass is 32.2. The van der Waals surface area contributed by atoms with Gasteiger partial charge in [0, 0.05) is 6.04 Å². The molecule has 0 spiro atoms. The molecule has 1 heterocycles. The van der Waals surface area contributed by atoms with Crippen LogP contribution in [0.4, 0.5) is 0 Å². The molecule has 0 radical (unpaired) electrons. The Morgan fingerprint density at radius 1 is 1.19 bits per heavy atom. The van der Waals surface area contributed by atoms with Crippen molar-refractivity contribution >= 4 is 20.6 Å². The van der Waals surface area contributed by atoms with Crippen molar-refractivity contribution in [2.45, 2.75) is 18.9 Å². The summed E-state index contributed by atoms with van der Waals surface area (Å²) < 4.78 is 23.3. The van der Waals surface area contributed by atoms with E-state index in [9.17, 15) is 8.42 Å². The summed E-state index contributed by atoms with van der Waals surface area (Å²) in [5.41, 5.74) is 1.26. The molecule has 1 fully saturated rings. The molecule has 0 aromatic heterocycles. The van der Waals surface area contributed by atoms with Crippen molar-refractivity contribution in [3.8, 4) is 0 Å². The number of hydrogen-bond acceptors (Lipinski definition) is 3. The molecule has 2 aromatic carbocycles. The van der Waals surface area contributed by atoms with Gasteiger partial charge in [0.15, 0.2) is 9.84 Å². The van der Waals surface area contributed by atoms with Crippen LogP contribution in [0.2, 0.25) is 0 Å². The van der Waals surface area contributed by atoms with E-state index in [0.29, 0.717) is 11.5 Å². The number of nitrogens with one attached hydrogen (secondary N) is 1. The van der Waals surface area contributed by atoms with E-state index in [1.165, 1.54) is 16.3 Å². The zero-order chi connectivity index (χ0) is 14.9. The number of benzene rings is 2. The van der Waals surface area contributed by atoms with Gasteiger partial charge in [-0.2, -0.15) is 0 Å². The molecule has 4 heteroatoms. The van der Waals surface area contributed by atoms with Crippen LogP contribution in [0.15, 0.2) is 42.5 Å². The van der Waals surface area contributed by atoms with Gasteiger partial charge in [0.05, 0.1) is 11.5 Å². The minimum atomic E-state index is -2.82. The maximum Gasteiger partial charge on any atom is 0.150 e. The maximum atomic E-state index is 11.7. The second kappa shape index (κ2) is 5.78. The zero-order valence-electron chi connectivity index (χ0n) is 12.2. The van der Waals surface area contributed by atoms with Crippen molar-refractivity contribution in [1.29, 1.82) is 0 Å². The van der Waals surface area contributed by atoms with Crippen molar-refractivity contribution in [3.63, 3.8) is 0 Å². The van der Waals surface area contributed by atoms with E-state index in [-0.39, 0.29) is 12.0 Å². The molecule has 1 saturated heterocycles. The fourth-order valence-corrected chi connectivity index (χ4v) is 5.15. The lowest BCUT2D eigenvalue weighted by Gasteiger charge is -2.22. The summed E-state index contributed by atoms with van der Waals surface area (Å²) in [5, 5.41) is 5.79. The fourth-order valence-electron chi connectivity index (χ4n) is 3.27. The van der Waals surface area contributed by atoms with Crippen LogP contribution in [-0.4, -0.2) is 33.0 Å². The topological polar surface area (TPSA) is 46.2 Å². The second-order valence-corrected chi connectivity index (χ2v) is 8.17. The number of likely N-dealkylation sites (N-methyl/N-ethyl adjacent to an activating group) is 1. The molecule has 3 rings (SSSR count). The quantitative estimate of drug-likeness (QED) is 0.943. The second-order valence-electron chi connectivity index (χ2n) is 5.94.